The highest BCUT2D eigenvalue weighted by molar-refractivity contribution is 7.80. The van der Waals surface area contributed by atoms with Crippen molar-refractivity contribution in [2.45, 2.75) is 32.9 Å². The number of hydrogen-bond acceptors (Lipinski definition) is 2. The number of thiocarbonyl (C=S) groups is 1. The Morgan fingerprint density at radius 1 is 1.31 bits per heavy atom. The first-order valence-corrected chi connectivity index (χ1v) is 5.51. The van der Waals surface area contributed by atoms with E-state index in [4.69, 9.17) is 12.2 Å². The molecule has 0 radical (unpaired) electrons. The summed E-state index contributed by atoms with van der Waals surface area (Å²) < 4.78 is 0. The van der Waals surface area contributed by atoms with Crippen molar-refractivity contribution < 1.29 is 0 Å². The van der Waals surface area contributed by atoms with Crippen LogP contribution in [0.3, 0.4) is 0 Å². The van der Waals surface area contributed by atoms with Gasteiger partial charge < -0.3 is 4.90 Å². The smallest absolute Gasteiger partial charge is 0.0748 e. The van der Waals surface area contributed by atoms with E-state index in [-0.39, 0.29) is 0 Å². The molecule has 0 amide bonds. The summed E-state index contributed by atoms with van der Waals surface area (Å²) in [4.78, 5) is 6.01. The summed E-state index contributed by atoms with van der Waals surface area (Å²) >= 11 is 5.20. The van der Waals surface area contributed by atoms with Crippen LogP contribution in [0.5, 0.6) is 0 Å². The van der Waals surface area contributed by atoms with Crippen molar-refractivity contribution in [2.75, 3.05) is 19.6 Å². The van der Waals surface area contributed by atoms with Gasteiger partial charge in [-0.2, -0.15) is 0 Å². The predicted octanol–water partition coefficient (Wildman–Crippen LogP) is 1.36. The Morgan fingerprint density at radius 3 is 2.54 bits per heavy atom. The average Bonchev–Trinajstić information content (AvgIpc) is 2.28. The van der Waals surface area contributed by atoms with Gasteiger partial charge in [-0.3, -0.25) is 4.90 Å². The van der Waals surface area contributed by atoms with E-state index in [1.54, 1.807) is 0 Å². The zero-order valence-electron chi connectivity index (χ0n) is 8.66. The van der Waals surface area contributed by atoms with Gasteiger partial charge in [0, 0.05) is 37.6 Å². The van der Waals surface area contributed by atoms with Crippen LogP contribution < -0.4 is 0 Å². The molecule has 2 nitrogen and oxygen atoms in total. The maximum Gasteiger partial charge on any atom is 0.0748 e. The van der Waals surface area contributed by atoms with Crippen molar-refractivity contribution in [3.63, 3.8) is 0 Å². The highest BCUT2D eigenvalue weighted by Crippen LogP contribution is 2.33. The molecule has 2 aliphatic heterocycles. The first kappa shape index (κ1) is 9.41. The minimum atomic E-state index is 0.701. The van der Waals surface area contributed by atoms with Gasteiger partial charge in [0.1, 0.15) is 0 Å². The number of likely N-dealkylation sites (tertiary alicyclic amines) is 2. The van der Waals surface area contributed by atoms with Crippen molar-refractivity contribution in [1.29, 1.82) is 0 Å². The van der Waals surface area contributed by atoms with Gasteiger partial charge in [-0.25, -0.2) is 0 Å². The molecular formula is C10H18N2S. The van der Waals surface area contributed by atoms with Crippen molar-refractivity contribution in [1.82, 2.24) is 9.80 Å². The van der Waals surface area contributed by atoms with Crippen LogP contribution in [0.4, 0.5) is 0 Å². The maximum absolute atomic E-state index is 5.20. The Morgan fingerprint density at radius 2 is 2.00 bits per heavy atom. The van der Waals surface area contributed by atoms with E-state index in [0.29, 0.717) is 6.04 Å². The van der Waals surface area contributed by atoms with Crippen molar-refractivity contribution >= 4 is 17.2 Å². The van der Waals surface area contributed by atoms with Gasteiger partial charge >= 0.3 is 0 Å². The molecule has 0 aliphatic carbocycles. The van der Waals surface area contributed by atoms with Crippen LogP contribution in [0.1, 0.15) is 20.8 Å². The molecule has 0 spiro atoms. The molecule has 74 valence electrons. The lowest BCUT2D eigenvalue weighted by Crippen LogP contribution is -2.58. The minimum absolute atomic E-state index is 0.701. The Hall–Kier alpha value is -0.150. The zero-order chi connectivity index (χ0) is 9.59. The fourth-order valence-electron chi connectivity index (χ4n) is 2.53. The van der Waals surface area contributed by atoms with Crippen LogP contribution in [0.15, 0.2) is 0 Å². The number of fused-ring (bicyclic) bond motifs is 1. The second-order valence-electron chi connectivity index (χ2n) is 4.54. The molecule has 2 heterocycles. The lowest BCUT2D eigenvalue weighted by Gasteiger charge is -2.46. The van der Waals surface area contributed by atoms with Gasteiger partial charge in [-0.15, -0.1) is 0 Å². The number of rotatable bonds is 1. The third-order valence-electron chi connectivity index (χ3n) is 3.39. The molecule has 0 aromatic carbocycles. The van der Waals surface area contributed by atoms with E-state index >= 15 is 0 Å². The van der Waals surface area contributed by atoms with Crippen molar-refractivity contribution in [2.24, 2.45) is 5.92 Å². The fourth-order valence-corrected chi connectivity index (χ4v) is 2.68. The van der Waals surface area contributed by atoms with Crippen LogP contribution in [0.25, 0.3) is 0 Å². The van der Waals surface area contributed by atoms with Gasteiger partial charge in [0.2, 0.25) is 0 Å². The Labute approximate surface area is 85.9 Å². The third-order valence-corrected chi connectivity index (χ3v) is 3.64. The minimum Gasteiger partial charge on any atom is -0.364 e. The molecule has 0 saturated carbocycles. The molecular weight excluding hydrogens is 180 g/mol. The summed E-state index contributed by atoms with van der Waals surface area (Å²) in [7, 11) is 0. The lowest BCUT2D eigenvalue weighted by molar-refractivity contribution is 0.0217. The molecule has 0 N–H and O–H groups in total. The highest BCUT2D eigenvalue weighted by atomic mass is 32.1. The maximum atomic E-state index is 5.20. The van der Waals surface area contributed by atoms with Crippen LogP contribution in [-0.4, -0.2) is 46.5 Å². The standard InChI is InChI=1S/C10H18N2S/c1-7(2)12-5-9-4-11(8(3)13)6-10(9)12/h7,9-10H,4-6H2,1-3H3. The Bertz CT molecular complexity index is 227. The van der Waals surface area contributed by atoms with Crippen molar-refractivity contribution in [3.8, 4) is 0 Å². The van der Waals surface area contributed by atoms with Crippen LogP contribution in [-0.2, 0) is 0 Å². The average molecular weight is 198 g/mol. The summed E-state index contributed by atoms with van der Waals surface area (Å²) in [5.74, 6) is 0.889. The lowest BCUT2D eigenvalue weighted by atomic mass is 9.90. The van der Waals surface area contributed by atoms with Gasteiger partial charge in [-0.05, 0) is 20.8 Å². The quantitative estimate of drug-likeness (QED) is 0.587. The molecule has 0 aromatic heterocycles. The van der Waals surface area contributed by atoms with Crippen LogP contribution in [0.2, 0.25) is 0 Å². The molecule has 0 aromatic rings. The van der Waals surface area contributed by atoms with Gasteiger partial charge in [0.25, 0.3) is 0 Å². The van der Waals surface area contributed by atoms with E-state index in [2.05, 4.69) is 23.6 Å². The molecule has 2 rings (SSSR count). The van der Waals surface area contributed by atoms with E-state index in [9.17, 15) is 0 Å². The highest BCUT2D eigenvalue weighted by Gasteiger charge is 2.46. The van der Waals surface area contributed by atoms with E-state index < -0.39 is 0 Å². The molecule has 2 aliphatic rings. The summed E-state index contributed by atoms with van der Waals surface area (Å²) in [6.45, 7) is 10.2. The summed E-state index contributed by atoms with van der Waals surface area (Å²) in [6.07, 6.45) is 0. The van der Waals surface area contributed by atoms with Crippen molar-refractivity contribution in [3.05, 3.63) is 0 Å². The molecule has 13 heavy (non-hydrogen) atoms. The zero-order valence-corrected chi connectivity index (χ0v) is 9.47. The van der Waals surface area contributed by atoms with E-state index in [1.165, 1.54) is 13.1 Å². The topological polar surface area (TPSA) is 6.48 Å². The molecule has 2 unspecified atom stereocenters. The second-order valence-corrected chi connectivity index (χ2v) is 5.13. The molecule has 0 bridgehead atoms. The molecule has 2 fully saturated rings. The number of hydrogen-bond donors (Lipinski definition) is 0. The predicted molar refractivity (Wildman–Crippen MR) is 59.0 cm³/mol. The van der Waals surface area contributed by atoms with Gasteiger partial charge in [-0.1, -0.05) is 12.2 Å². The monoisotopic (exact) mass is 198 g/mol. The Kier molecular flexibility index (Phi) is 2.32. The summed E-state index contributed by atoms with van der Waals surface area (Å²) in [6, 6.07) is 1.49. The first-order valence-electron chi connectivity index (χ1n) is 5.11. The summed E-state index contributed by atoms with van der Waals surface area (Å²) in [5.41, 5.74) is 0. The molecule has 2 saturated heterocycles. The second kappa shape index (κ2) is 3.21. The fraction of sp³-hybridized carbons (Fsp3) is 0.900. The first-order chi connectivity index (χ1) is 6.09. The van der Waals surface area contributed by atoms with Crippen LogP contribution in [0, 0.1) is 5.92 Å². The Balaban J connectivity index is 1.95. The summed E-state index contributed by atoms with van der Waals surface area (Å²) in [5, 5.41) is 0. The van der Waals surface area contributed by atoms with E-state index in [1.807, 2.05) is 6.92 Å². The molecule has 3 heteroatoms. The normalized spacial score (nSPS) is 33.4. The van der Waals surface area contributed by atoms with Crippen LogP contribution >= 0.6 is 12.2 Å². The van der Waals surface area contributed by atoms with Gasteiger partial charge in [0.05, 0.1) is 4.99 Å². The molecule has 2 atom stereocenters. The SMILES string of the molecule is CC(=S)N1CC2CN(C(C)C)C2C1. The number of nitrogens with zero attached hydrogens (tertiary/aromatic N) is 2. The van der Waals surface area contributed by atoms with E-state index in [0.717, 1.165) is 23.5 Å². The van der Waals surface area contributed by atoms with Gasteiger partial charge in [0.15, 0.2) is 0 Å². The largest absolute Gasteiger partial charge is 0.364 e. The third kappa shape index (κ3) is 1.48.